The molecule has 0 bridgehead atoms. The first-order valence-electron chi connectivity index (χ1n) is 34.6. The number of fused-ring (bicyclic) bond motifs is 11. The molecule has 0 saturated carbocycles. The van der Waals surface area contributed by atoms with Gasteiger partial charge in [0.1, 0.15) is 40.8 Å². The number of phosphoric acid groups is 1. The van der Waals surface area contributed by atoms with E-state index in [2.05, 4.69) is 24.1 Å². The van der Waals surface area contributed by atoms with Gasteiger partial charge in [0, 0.05) is 70.5 Å². The molecule has 1 atom stereocenters. The van der Waals surface area contributed by atoms with E-state index in [0.717, 1.165) is 51.4 Å². The maximum atomic E-state index is 14.0. The maximum Gasteiger partial charge on any atom is 0.584 e. The smallest absolute Gasteiger partial charge is 0.491 e. The molecule has 540 valence electrons. The largest absolute Gasteiger partial charge is 0.584 e. The summed E-state index contributed by atoms with van der Waals surface area (Å²) in [6.07, 6.45) is 0. The number of phosphoric ester groups is 1. The number of hydrogen-bond donors (Lipinski definition) is 2. The number of nitrogens with zero attached hydrogens (tertiary/aromatic N) is 2. The van der Waals surface area contributed by atoms with Gasteiger partial charge in [0.2, 0.25) is 0 Å². The molecule has 24 heteroatoms. The van der Waals surface area contributed by atoms with Gasteiger partial charge in [-0.2, -0.15) is 0 Å². The molecule has 0 saturated heterocycles. The number of rotatable bonds is 45. The van der Waals surface area contributed by atoms with E-state index >= 15 is 0 Å². The molecule has 2 aliphatic heterocycles. The third kappa shape index (κ3) is 21.0. The Morgan fingerprint density at radius 2 is 0.912 bits per heavy atom. The van der Waals surface area contributed by atoms with Crippen molar-refractivity contribution in [2.24, 2.45) is 0 Å². The summed E-state index contributed by atoms with van der Waals surface area (Å²) in [7, 11) is -4.70. The van der Waals surface area contributed by atoms with Gasteiger partial charge in [0.05, 0.1) is 145 Å². The Morgan fingerprint density at radius 1 is 0.461 bits per heavy atom. The van der Waals surface area contributed by atoms with Crippen molar-refractivity contribution in [3.05, 3.63) is 168 Å². The zero-order valence-electron chi connectivity index (χ0n) is 57.6. The van der Waals surface area contributed by atoms with Gasteiger partial charge in [-0.05, 0) is 101 Å². The molecule has 0 spiro atoms. The van der Waals surface area contributed by atoms with Crippen LogP contribution in [0.3, 0.4) is 0 Å². The predicted molar refractivity (Wildman–Crippen MR) is 390 cm³/mol. The van der Waals surface area contributed by atoms with E-state index in [1.807, 2.05) is 133 Å². The second-order valence-corrected chi connectivity index (χ2v) is 24.7. The number of ether oxygens (including phenoxy) is 13. The summed E-state index contributed by atoms with van der Waals surface area (Å²) in [6, 6.07) is 49.5. The number of carbonyl (C=O) groups excluding carboxylic acids is 1. The second-order valence-electron chi connectivity index (χ2n) is 23.4. The highest BCUT2D eigenvalue weighted by Gasteiger charge is 2.38. The molecule has 8 aromatic carbocycles. The van der Waals surface area contributed by atoms with Crippen molar-refractivity contribution in [3.63, 3.8) is 0 Å². The van der Waals surface area contributed by atoms with Crippen molar-refractivity contribution in [2.75, 3.05) is 183 Å². The minimum atomic E-state index is -4.70. The predicted octanol–water partition coefficient (Wildman–Crippen LogP) is 12.2. The van der Waals surface area contributed by atoms with Crippen LogP contribution >= 0.6 is 7.82 Å². The van der Waals surface area contributed by atoms with Crippen LogP contribution in [0.25, 0.3) is 88.3 Å². The van der Waals surface area contributed by atoms with Gasteiger partial charge < -0.3 is 85.3 Å². The Bertz CT molecular complexity index is 4370. The third-order valence-electron chi connectivity index (χ3n) is 16.6. The Labute approximate surface area is 592 Å². The molecule has 102 heavy (non-hydrogen) atoms. The average molecular weight is 1420 g/mol. The fourth-order valence-corrected chi connectivity index (χ4v) is 12.5. The highest BCUT2D eigenvalue weighted by atomic mass is 31.2. The summed E-state index contributed by atoms with van der Waals surface area (Å²) in [5, 5.41) is 7.45. The van der Waals surface area contributed by atoms with Gasteiger partial charge in [0.15, 0.2) is 23.4 Å². The molecular weight excluding hydrogens is 1330 g/mol. The van der Waals surface area contributed by atoms with Crippen molar-refractivity contribution in [1.82, 2.24) is 10.3 Å². The van der Waals surface area contributed by atoms with E-state index in [-0.39, 0.29) is 29.4 Å². The standard InChI is InChI=1S/C78H88N3O20P/c1-3-81(4-2)60-20-25-69-71(52-60)99-72-54-70(82)65-24-23-62(53-68(65)76(72)80-69)98-55-73(83)79-26-27-86-28-29-87-30-31-88-32-33-89-34-35-90-36-37-91-38-39-92-40-41-93-42-43-94-44-45-95-46-47-96-48-49-97-61-21-18-57(19-22-61)67-51-59-15-9-11-17-64(59)75-74-63-16-10-8-14-58(63)50-66(56-12-6-5-7-13-56)77(74)100-102(84,85)101-78(67)75/h5-25,50-54H,3-4,26-49,55H2,1-2H3,(H,79,83)(H,84,85). The molecule has 1 aliphatic carbocycles. The van der Waals surface area contributed by atoms with Crippen LogP contribution in [0.5, 0.6) is 23.0 Å². The number of hydrogen-bond acceptors (Lipinski definition) is 21. The summed E-state index contributed by atoms with van der Waals surface area (Å²) in [5.74, 6) is 1.68. The van der Waals surface area contributed by atoms with Crippen LogP contribution in [0.4, 0.5) is 5.69 Å². The minimum absolute atomic E-state index is 0.191. The first-order chi connectivity index (χ1) is 50.1. The molecule has 0 aromatic heterocycles. The Morgan fingerprint density at radius 3 is 1.41 bits per heavy atom. The third-order valence-corrected chi connectivity index (χ3v) is 17.4. The normalized spacial score (nSPS) is 13.5. The highest BCUT2D eigenvalue weighted by Crippen LogP contribution is 2.61. The lowest BCUT2D eigenvalue weighted by atomic mass is 9.86. The SMILES string of the molecule is CCN(CC)c1ccc2nc3c4cc(OCC(=O)NCCOCCOCCOCCOCCOCCOCCOCCOCCOCCOCCOCCOc5ccc(-c6cc7ccccc7c7c6OP(=O)(O)Oc6c(-c8ccccc8)cc8ccccc8c6-7)cc5)ccc4c(=O)cc-3oc2c1. The lowest BCUT2D eigenvalue weighted by Crippen LogP contribution is -2.31. The van der Waals surface area contributed by atoms with E-state index in [4.69, 9.17) is 80.0 Å². The molecular formula is C78H88N3O20P. The topological polar surface area (TPSA) is 251 Å². The van der Waals surface area contributed by atoms with E-state index in [1.165, 1.54) is 6.07 Å². The summed E-state index contributed by atoms with van der Waals surface area (Å²) < 4.78 is 106. The number of aromatic nitrogens is 1. The molecule has 23 nitrogen and oxygen atoms in total. The molecule has 1 amide bonds. The molecule has 0 fully saturated rings. The number of benzene rings is 9. The highest BCUT2D eigenvalue weighted by molar-refractivity contribution is 7.48. The molecule has 11 rings (SSSR count). The van der Waals surface area contributed by atoms with E-state index in [0.29, 0.717) is 226 Å². The monoisotopic (exact) mass is 1420 g/mol. The van der Waals surface area contributed by atoms with Crippen LogP contribution in [-0.4, -0.2) is 194 Å². The molecule has 3 aliphatic rings. The quantitative estimate of drug-likeness (QED) is 0.0156. The lowest BCUT2D eigenvalue weighted by Gasteiger charge is -2.21. The number of anilines is 1. The summed E-state index contributed by atoms with van der Waals surface area (Å²) in [5.41, 5.74) is 6.92. The van der Waals surface area contributed by atoms with Crippen molar-refractivity contribution < 1.29 is 89.3 Å². The fourth-order valence-electron chi connectivity index (χ4n) is 11.7. The van der Waals surface area contributed by atoms with Crippen LogP contribution in [0, 0.1) is 0 Å². The van der Waals surface area contributed by atoms with Gasteiger partial charge in [-0.1, -0.05) is 91.0 Å². The van der Waals surface area contributed by atoms with Gasteiger partial charge >= 0.3 is 7.82 Å². The number of nitrogens with one attached hydrogen (secondary N) is 1. The van der Waals surface area contributed by atoms with Crippen LogP contribution in [0.2, 0.25) is 0 Å². The van der Waals surface area contributed by atoms with E-state index in [1.54, 1.807) is 18.2 Å². The first-order valence-corrected chi connectivity index (χ1v) is 36.1. The summed E-state index contributed by atoms with van der Waals surface area (Å²) in [6.45, 7) is 15.6. The van der Waals surface area contributed by atoms with E-state index < -0.39 is 7.82 Å². The van der Waals surface area contributed by atoms with Crippen molar-refractivity contribution in [2.45, 2.75) is 13.8 Å². The molecule has 8 aromatic rings. The van der Waals surface area contributed by atoms with Crippen molar-refractivity contribution in [3.8, 4) is 67.8 Å². The van der Waals surface area contributed by atoms with Crippen LogP contribution in [0.1, 0.15) is 13.8 Å². The average Bonchev–Trinajstić information content (AvgIpc) is 1.18. The summed E-state index contributed by atoms with van der Waals surface area (Å²) >= 11 is 0. The molecule has 0 radical (unpaired) electrons. The molecule has 2 N–H and O–H groups in total. The molecule has 2 heterocycles. The minimum Gasteiger partial charge on any atom is -0.491 e. The fraction of sp³-hybridized carbons (Fsp3) is 0.372. The van der Waals surface area contributed by atoms with Crippen molar-refractivity contribution in [1.29, 1.82) is 0 Å². The first kappa shape index (κ1) is 74.6. The van der Waals surface area contributed by atoms with Gasteiger partial charge in [-0.15, -0.1) is 0 Å². The van der Waals surface area contributed by atoms with Crippen LogP contribution in [-0.2, 0) is 61.5 Å². The van der Waals surface area contributed by atoms with Crippen molar-refractivity contribution >= 4 is 62.8 Å². The Hall–Kier alpha value is -8.62. The van der Waals surface area contributed by atoms with Crippen LogP contribution < -0.4 is 34.2 Å². The van der Waals surface area contributed by atoms with E-state index in [9.17, 15) is 19.0 Å². The second kappa shape index (κ2) is 39.1. The molecule has 1 unspecified atom stereocenters. The Balaban J connectivity index is 0.441. The lowest BCUT2D eigenvalue weighted by molar-refractivity contribution is -0.123. The number of amides is 1. The zero-order valence-corrected chi connectivity index (χ0v) is 58.5. The van der Waals surface area contributed by atoms with Gasteiger partial charge in [-0.3, -0.25) is 14.5 Å². The van der Waals surface area contributed by atoms with Crippen LogP contribution in [0.15, 0.2) is 167 Å². The number of carbonyl (C=O) groups is 1. The maximum absolute atomic E-state index is 14.0. The van der Waals surface area contributed by atoms with Gasteiger partial charge in [-0.25, -0.2) is 9.55 Å². The zero-order chi connectivity index (χ0) is 70.6. The summed E-state index contributed by atoms with van der Waals surface area (Å²) in [4.78, 5) is 44.0. The van der Waals surface area contributed by atoms with Gasteiger partial charge in [0.25, 0.3) is 5.91 Å². The Kier molecular flexibility index (Phi) is 28.6.